The molecule has 0 N–H and O–H groups in total. The van der Waals surface area contributed by atoms with Crippen LogP contribution in [-0.4, -0.2) is 20.5 Å². The van der Waals surface area contributed by atoms with Gasteiger partial charge in [0.1, 0.15) is 12.4 Å². The molecule has 0 aliphatic carbocycles. The van der Waals surface area contributed by atoms with Gasteiger partial charge in [-0.25, -0.2) is 0 Å². The number of benzene rings is 2. The summed E-state index contributed by atoms with van der Waals surface area (Å²) in [7, 11) is 0. The van der Waals surface area contributed by atoms with Crippen LogP contribution in [-0.2, 0) is 6.54 Å². The van der Waals surface area contributed by atoms with Crippen molar-refractivity contribution in [3.8, 4) is 5.69 Å². The zero-order valence-electron chi connectivity index (χ0n) is 12.0. The van der Waals surface area contributed by atoms with Gasteiger partial charge in [-0.3, -0.25) is 9.56 Å². The number of rotatable bonds is 1. The van der Waals surface area contributed by atoms with Crippen molar-refractivity contribution in [1.82, 2.24) is 14.8 Å². The van der Waals surface area contributed by atoms with Crippen LogP contribution in [0.25, 0.3) is 5.69 Å². The molecule has 0 amide bonds. The van der Waals surface area contributed by atoms with Crippen molar-refractivity contribution in [2.24, 2.45) is 4.99 Å². The van der Waals surface area contributed by atoms with Crippen molar-refractivity contribution >= 4 is 17.3 Å². The number of nitrogens with zero attached hydrogens (tertiary/aromatic N) is 4. The summed E-state index contributed by atoms with van der Waals surface area (Å²) in [5.41, 5.74) is 4.02. The van der Waals surface area contributed by atoms with Crippen LogP contribution in [0, 0.1) is 6.92 Å². The number of aromatic nitrogens is 3. The second kappa shape index (κ2) is 5.07. The maximum absolute atomic E-state index is 6.23. The van der Waals surface area contributed by atoms with Crippen LogP contribution in [0.5, 0.6) is 0 Å². The Labute approximate surface area is 133 Å². The third-order valence-electron chi connectivity index (χ3n) is 3.77. The van der Waals surface area contributed by atoms with Crippen molar-refractivity contribution in [3.05, 3.63) is 76.3 Å². The lowest BCUT2D eigenvalue weighted by Crippen LogP contribution is -2.08. The summed E-state index contributed by atoms with van der Waals surface area (Å²) in [5.74, 6) is 1.69. The maximum atomic E-state index is 6.23. The second-order valence-electron chi connectivity index (χ2n) is 5.19. The monoisotopic (exact) mass is 307 g/mol. The van der Waals surface area contributed by atoms with Gasteiger partial charge in [-0.15, -0.1) is 10.2 Å². The topological polar surface area (TPSA) is 43.1 Å². The lowest BCUT2D eigenvalue weighted by molar-refractivity contribution is 0.862. The van der Waals surface area contributed by atoms with Crippen molar-refractivity contribution in [1.29, 1.82) is 0 Å². The van der Waals surface area contributed by atoms with E-state index in [2.05, 4.69) is 22.3 Å². The second-order valence-corrected chi connectivity index (χ2v) is 5.63. The summed E-state index contributed by atoms with van der Waals surface area (Å²) in [6, 6.07) is 16.0. The minimum atomic E-state index is 0.497. The molecule has 0 radical (unpaired) electrons. The fraction of sp³-hybridized carbons (Fsp3) is 0.118. The normalized spacial score (nSPS) is 13.1. The highest BCUT2D eigenvalue weighted by molar-refractivity contribution is 6.31. The van der Waals surface area contributed by atoms with Gasteiger partial charge in [0.25, 0.3) is 0 Å². The molecule has 4 rings (SSSR count). The Hall–Kier alpha value is -2.46. The number of hydrogen-bond acceptors (Lipinski definition) is 3. The van der Waals surface area contributed by atoms with Crippen LogP contribution < -0.4 is 0 Å². The number of aryl methyl sites for hydroxylation is 1. The Morgan fingerprint density at radius 2 is 1.86 bits per heavy atom. The molecule has 1 aliphatic heterocycles. The highest BCUT2D eigenvalue weighted by Gasteiger charge is 2.21. The highest BCUT2D eigenvalue weighted by atomic mass is 35.5. The molecule has 1 aliphatic rings. The number of halogens is 1. The first-order valence-electron chi connectivity index (χ1n) is 7.05. The smallest absolute Gasteiger partial charge is 0.159 e. The predicted octanol–water partition coefficient (Wildman–Crippen LogP) is 3.58. The Kier molecular flexibility index (Phi) is 3.05. The maximum Gasteiger partial charge on any atom is 0.159 e. The summed E-state index contributed by atoms with van der Waals surface area (Å²) in [5, 5.41) is 9.10. The van der Waals surface area contributed by atoms with Crippen molar-refractivity contribution in [2.75, 3.05) is 0 Å². The first kappa shape index (κ1) is 13.2. The first-order chi connectivity index (χ1) is 10.7. The van der Waals surface area contributed by atoms with Gasteiger partial charge in [0, 0.05) is 16.1 Å². The van der Waals surface area contributed by atoms with Crippen LogP contribution in [0.1, 0.15) is 22.8 Å². The zero-order chi connectivity index (χ0) is 15.1. The van der Waals surface area contributed by atoms with Crippen LogP contribution in [0.3, 0.4) is 0 Å². The van der Waals surface area contributed by atoms with E-state index in [1.54, 1.807) is 0 Å². The molecule has 0 atom stereocenters. The number of fused-ring (bicyclic) bond motifs is 3. The van der Waals surface area contributed by atoms with Gasteiger partial charge >= 0.3 is 0 Å². The molecule has 108 valence electrons. The minimum absolute atomic E-state index is 0.497. The zero-order valence-corrected chi connectivity index (χ0v) is 12.7. The molecule has 22 heavy (non-hydrogen) atoms. The van der Waals surface area contributed by atoms with Gasteiger partial charge in [-0.1, -0.05) is 41.9 Å². The van der Waals surface area contributed by atoms with Crippen LogP contribution >= 0.6 is 11.6 Å². The van der Waals surface area contributed by atoms with E-state index >= 15 is 0 Å². The summed E-state index contributed by atoms with van der Waals surface area (Å²) in [4.78, 5) is 4.77. The van der Waals surface area contributed by atoms with Gasteiger partial charge in [0.05, 0.1) is 11.4 Å². The van der Waals surface area contributed by atoms with E-state index < -0.39 is 0 Å². The van der Waals surface area contributed by atoms with Gasteiger partial charge in [0.2, 0.25) is 0 Å². The van der Waals surface area contributed by atoms with E-state index in [1.165, 1.54) is 0 Å². The summed E-state index contributed by atoms with van der Waals surface area (Å²) >= 11 is 6.23. The molecule has 2 heterocycles. The molecule has 0 saturated heterocycles. The van der Waals surface area contributed by atoms with E-state index in [0.717, 1.165) is 34.2 Å². The molecule has 0 unspecified atom stereocenters. The quantitative estimate of drug-likeness (QED) is 0.689. The van der Waals surface area contributed by atoms with E-state index in [0.29, 0.717) is 11.6 Å². The molecule has 3 aromatic rings. The molecule has 0 fully saturated rings. The molecule has 0 saturated carbocycles. The molecule has 1 aromatic heterocycles. The summed E-state index contributed by atoms with van der Waals surface area (Å²) in [6.45, 7) is 2.44. The summed E-state index contributed by atoms with van der Waals surface area (Å²) < 4.78 is 2.05. The molecule has 2 aromatic carbocycles. The van der Waals surface area contributed by atoms with Gasteiger partial charge < -0.3 is 0 Å². The molecule has 0 bridgehead atoms. The predicted molar refractivity (Wildman–Crippen MR) is 86.9 cm³/mol. The van der Waals surface area contributed by atoms with Gasteiger partial charge in [-0.2, -0.15) is 0 Å². The Morgan fingerprint density at radius 1 is 1.05 bits per heavy atom. The van der Waals surface area contributed by atoms with Crippen LogP contribution in [0.4, 0.5) is 0 Å². The van der Waals surface area contributed by atoms with Crippen LogP contribution in [0.15, 0.2) is 53.5 Å². The molecule has 4 nitrogen and oxygen atoms in total. The van der Waals surface area contributed by atoms with Crippen molar-refractivity contribution in [3.63, 3.8) is 0 Å². The fourth-order valence-electron chi connectivity index (χ4n) is 2.79. The van der Waals surface area contributed by atoms with E-state index in [1.807, 2.05) is 47.9 Å². The third-order valence-corrected chi connectivity index (χ3v) is 4.01. The van der Waals surface area contributed by atoms with Gasteiger partial charge in [-0.05, 0) is 25.1 Å². The Bertz CT molecular complexity index is 881. The average molecular weight is 308 g/mol. The average Bonchev–Trinajstić information content (AvgIpc) is 2.82. The van der Waals surface area contributed by atoms with E-state index in [-0.39, 0.29) is 0 Å². The molecular weight excluding hydrogens is 295 g/mol. The van der Waals surface area contributed by atoms with E-state index in [4.69, 9.17) is 16.6 Å². The van der Waals surface area contributed by atoms with E-state index in [9.17, 15) is 0 Å². The van der Waals surface area contributed by atoms with Gasteiger partial charge in [0.15, 0.2) is 5.82 Å². The lowest BCUT2D eigenvalue weighted by Gasteiger charge is -2.12. The summed E-state index contributed by atoms with van der Waals surface area (Å²) in [6.07, 6.45) is 0. The Balaban J connectivity index is 2.01. The first-order valence-corrected chi connectivity index (χ1v) is 7.43. The molecule has 5 heteroatoms. The third kappa shape index (κ3) is 2.04. The van der Waals surface area contributed by atoms with Crippen molar-refractivity contribution in [2.45, 2.75) is 13.5 Å². The SMILES string of the molecule is C[11c]1nnc2n1-c1ccc(Cl)cc1C(c1ccccc1)=NC2. The standard InChI is InChI=1S/C17H13ClN4/c1-11-20-21-16-10-19-17(12-5-3-2-4-6-12)14-9-13(18)7-8-15(14)22(11)16/h2-9H,10H2,1H3/i11-1. The molecule has 0 spiro atoms. The van der Waals surface area contributed by atoms with Crippen molar-refractivity contribution < 1.29 is 0 Å². The largest absolute Gasteiger partial charge is 0.281 e. The number of hydrogen-bond donors (Lipinski definition) is 0. The Morgan fingerprint density at radius 3 is 2.68 bits per heavy atom. The fourth-order valence-corrected chi connectivity index (χ4v) is 2.96. The molecular formula is C17H13ClN4. The number of aliphatic imine (C=N–C) groups is 1. The lowest BCUT2D eigenvalue weighted by atomic mass is 9.98. The highest BCUT2D eigenvalue weighted by Crippen LogP contribution is 2.27. The minimum Gasteiger partial charge on any atom is -0.281 e. The van der Waals surface area contributed by atoms with Crippen LogP contribution in [0.2, 0.25) is 5.02 Å².